The molecule has 47 heavy (non-hydrogen) atoms. The Hall–Kier alpha value is 0.588. The van der Waals surface area contributed by atoms with Crippen LogP contribution >= 0.6 is 0 Å². The van der Waals surface area contributed by atoms with Crippen molar-refractivity contribution in [3.63, 3.8) is 0 Å². The topological polar surface area (TPSA) is 376 Å². The molecule has 240 valence electrons. The van der Waals surface area contributed by atoms with Crippen molar-refractivity contribution in [2.75, 3.05) is 0 Å². The molecular formula is C2H8O22Si23. The van der Waals surface area contributed by atoms with Crippen molar-refractivity contribution < 1.29 is 98.2 Å². The molecular weight excluding hydrogens is 1020 g/mol. The molecule has 0 fully saturated rings. The van der Waals surface area contributed by atoms with Gasteiger partial charge < -0.3 is 98.2 Å². The van der Waals surface area contributed by atoms with Crippen LogP contribution in [0.3, 0.4) is 0 Å². The van der Waals surface area contributed by atoms with E-state index in [1.54, 1.807) is 0 Å². The molecule has 0 saturated carbocycles. The summed E-state index contributed by atoms with van der Waals surface area (Å²) in [5.74, 6) is 0. The van der Waals surface area contributed by atoms with E-state index in [1.807, 2.05) is 0 Å². The lowest BCUT2D eigenvalue weighted by Gasteiger charge is -2.12. The summed E-state index contributed by atoms with van der Waals surface area (Å²) in [6, 6.07) is 0. The first-order valence-corrected chi connectivity index (χ1v) is 66.9. The Bertz CT molecular complexity index is 1700. The minimum Gasteiger partial charge on any atom is -0.389 e. The van der Waals surface area contributed by atoms with Gasteiger partial charge in [0.15, 0.2) is 7.11 Å². The van der Waals surface area contributed by atoms with Crippen LogP contribution in [0.2, 0.25) is 13.1 Å². The van der Waals surface area contributed by atoms with Gasteiger partial charge in [0, 0.05) is 0 Å². The van der Waals surface area contributed by atoms with Crippen LogP contribution in [0.1, 0.15) is 0 Å². The molecule has 0 radical (unpaired) electrons. The fourth-order valence-electron chi connectivity index (χ4n) is 2.45. The van der Waals surface area contributed by atoms with Crippen molar-refractivity contribution in [3.05, 3.63) is 0 Å². The molecule has 0 spiro atoms. The Labute approximate surface area is 288 Å². The quantitative estimate of drug-likeness (QED) is 0.0909. The van der Waals surface area contributed by atoms with Gasteiger partial charge in [-0.2, -0.15) is 0 Å². The van der Waals surface area contributed by atoms with Crippen molar-refractivity contribution in [2.45, 2.75) is 13.1 Å². The second kappa shape index (κ2) is 20.6. The van der Waals surface area contributed by atoms with E-state index >= 15 is 0 Å². The summed E-state index contributed by atoms with van der Waals surface area (Å²) in [6.45, 7) is 1.73. The minimum absolute atomic E-state index is 0.864. The standard InChI is InChI=1S/C2H8O22Si23/c1-47(2,45(23)43(21)41(19)39(17)37(15)35(13)33(11)31(9)29(7)27(5)25-3)46(24)44(22)42(20)40(18)38(16)36(14)34(12)32(10)30(8)28(6)26-4/h25-26H,1-2H3. The van der Waals surface area contributed by atoms with E-state index in [4.69, 9.17) is 0 Å². The van der Waals surface area contributed by atoms with Crippen molar-refractivity contribution in [1.82, 2.24) is 0 Å². The van der Waals surface area contributed by atoms with E-state index in [-0.39, 0.29) is 0 Å². The lowest BCUT2D eigenvalue weighted by Crippen LogP contribution is -2.64. The molecule has 0 heterocycles. The highest BCUT2D eigenvalue weighted by Crippen LogP contribution is 2.05. The van der Waals surface area contributed by atoms with Gasteiger partial charge in [0.25, 0.3) is 0 Å². The molecule has 0 amide bonds. The van der Waals surface area contributed by atoms with Crippen LogP contribution in [0.4, 0.5) is 0 Å². The Balaban J connectivity index is 5.94. The zero-order chi connectivity index (χ0) is 37.5. The van der Waals surface area contributed by atoms with Crippen LogP contribution < -0.4 is 0 Å². The average Bonchev–Trinajstić information content (AvgIpc) is 3.07. The third-order valence-electron chi connectivity index (χ3n) is 5.10. The predicted octanol–water partition coefficient (Wildman–Crippen LogP) is -10.7. The van der Waals surface area contributed by atoms with Crippen LogP contribution in [-0.2, 0) is 98.2 Å². The number of rotatable bonds is 22. The van der Waals surface area contributed by atoms with Gasteiger partial charge in [-0.05, 0) is 0 Å². The first kappa shape index (κ1) is 47.6. The van der Waals surface area contributed by atoms with Crippen molar-refractivity contribution in [3.8, 4) is 0 Å². The summed E-state index contributed by atoms with van der Waals surface area (Å²) in [5.41, 5.74) is 0. The first-order chi connectivity index (χ1) is 21.4. The van der Waals surface area contributed by atoms with Gasteiger partial charge in [-0.3, -0.25) is 0 Å². The largest absolute Gasteiger partial charge is 0.389 e. The van der Waals surface area contributed by atoms with Gasteiger partial charge in [-0.25, -0.2) is 0 Å². The zero-order valence-electron chi connectivity index (χ0n) is 22.6. The Kier molecular flexibility index (Phi) is 20.8. The average molecular weight is 1030 g/mol. The van der Waals surface area contributed by atoms with Gasteiger partial charge in [-0.1, -0.05) is 13.1 Å². The number of hydrogen-bond acceptors (Lipinski definition) is 22. The lowest BCUT2D eigenvalue weighted by molar-refractivity contribution is 0.534. The molecule has 0 N–H and O–H groups in total. The Morgan fingerprint density at radius 3 is 0.596 bits per heavy atom. The summed E-state index contributed by atoms with van der Waals surface area (Å²) < 4.78 is 268. The molecule has 0 aromatic rings. The fraction of sp³-hybridized carbons (Fsp3) is 1.00. The lowest BCUT2D eigenvalue weighted by atomic mass is 11.9. The highest BCUT2D eigenvalue weighted by molar-refractivity contribution is 7.86. The maximum Gasteiger partial charge on any atom is 0.381 e. The molecule has 0 aliphatic carbocycles. The summed E-state index contributed by atoms with van der Waals surface area (Å²) in [6.07, 6.45) is 0. The van der Waals surface area contributed by atoms with Gasteiger partial charge >= 0.3 is 172 Å². The van der Waals surface area contributed by atoms with Gasteiger partial charge in [0.1, 0.15) is 0 Å². The second-order valence-corrected chi connectivity index (χ2v) is 122. The molecule has 22 nitrogen and oxygen atoms in total. The number of hydrogen-bond donors (Lipinski definition) is 0. The van der Waals surface area contributed by atoms with Gasteiger partial charge in [-0.15, -0.1) is 0 Å². The van der Waals surface area contributed by atoms with E-state index in [0.717, 1.165) is 13.1 Å². The smallest absolute Gasteiger partial charge is 0.381 e. The molecule has 0 rings (SSSR count). The predicted molar refractivity (Wildman–Crippen MR) is 162 cm³/mol. The summed E-state index contributed by atoms with van der Waals surface area (Å²) in [4.78, 5) is 0. The van der Waals surface area contributed by atoms with Gasteiger partial charge in [0.05, 0.1) is 0 Å². The molecule has 0 bridgehead atoms. The summed E-state index contributed by atoms with van der Waals surface area (Å²) >= 11 is 0. The van der Waals surface area contributed by atoms with E-state index < -0.39 is 179 Å². The van der Waals surface area contributed by atoms with Crippen LogP contribution in [-0.4, -0.2) is 179 Å². The highest BCUT2D eigenvalue weighted by Gasteiger charge is 2.59. The normalized spacial score (nSPS) is 10.1. The maximum absolute atomic E-state index is 13.1. The van der Waals surface area contributed by atoms with Crippen LogP contribution in [0.15, 0.2) is 0 Å². The molecule has 0 aromatic heterocycles. The summed E-state index contributed by atoms with van der Waals surface area (Å²) in [7, 11) is -89.7. The minimum atomic E-state index is -4.29. The highest BCUT2D eigenvalue weighted by atomic mass is 30.1. The molecule has 0 aliphatic rings. The third-order valence-corrected chi connectivity index (χ3v) is 184. The molecule has 0 aliphatic heterocycles. The van der Waals surface area contributed by atoms with E-state index in [1.165, 1.54) is 0 Å². The molecule has 45 heteroatoms. The van der Waals surface area contributed by atoms with E-state index in [2.05, 4.69) is 0 Å². The third kappa shape index (κ3) is 11.8. The van der Waals surface area contributed by atoms with Crippen LogP contribution in [0, 0.1) is 0 Å². The van der Waals surface area contributed by atoms with Gasteiger partial charge in [0.2, 0.25) is 0 Å². The molecule has 0 atom stereocenters. The first-order valence-electron chi connectivity index (χ1n) is 11.1. The van der Waals surface area contributed by atoms with Crippen LogP contribution in [0.5, 0.6) is 0 Å². The zero-order valence-corrected chi connectivity index (χ0v) is 45.9. The van der Waals surface area contributed by atoms with Crippen molar-refractivity contribution in [2.24, 2.45) is 0 Å². The Morgan fingerprint density at radius 1 is 0.277 bits per heavy atom. The molecule has 0 saturated heterocycles. The van der Waals surface area contributed by atoms with Crippen LogP contribution in [0.25, 0.3) is 0 Å². The Morgan fingerprint density at radius 2 is 0.426 bits per heavy atom. The monoisotopic (exact) mass is 1030 g/mol. The summed E-state index contributed by atoms with van der Waals surface area (Å²) in [5, 5.41) is 0. The van der Waals surface area contributed by atoms with E-state index in [9.17, 15) is 98.2 Å². The van der Waals surface area contributed by atoms with Crippen molar-refractivity contribution >= 4 is 179 Å². The SMILES string of the molecule is C[Si](C)([Si](=O)[Si](=O)[Si](=O)[Si](=O)[Si](=O)[Si](=O)[Si](=O)[Si](=O)[Si](=O)[Si](=O)[SiH]=O)[Si](=O)[Si](=O)[Si](=O)[Si](=O)[Si](=O)[Si](=O)[Si](=O)[Si](=O)[Si](=O)[Si](=O)[SiH]=O. The second-order valence-electron chi connectivity index (χ2n) is 8.51. The molecule has 0 aromatic carbocycles. The van der Waals surface area contributed by atoms with E-state index in [0.29, 0.717) is 0 Å². The van der Waals surface area contributed by atoms with Crippen molar-refractivity contribution in [1.29, 1.82) is 0 Å². The fourth-order valence-corrected chi connectivity index (χ4v) is 263. The molecule has 0 unspecified atom stereocenters. The maximum atomic E-state index is 13.1.